The van der Waals surface area contributed by atoms with Crippen LogP contribution in [-0.2, 0) is 11.3 Å². The monoisotopic (exact) mass is 234 g/mol. The van der Waals surface area contributed by atoms with Crippen molar-refractivity contribution in [3.8, 4) is 0 Å². The minimum atomic E-state index is -3.27. The second kappa shape index (κ2) is 5.50. The standard InChI is InChI=1S/C8H12F2N4O2/c9-8(10,6-15)5-11-7(16)1-3-14-4-2-12-13-14/h2,4,15H,1,3,5-6H2,(H,11,16). The summed E-state index contributed by atoms with van der Waals surface area (Å²) in [5.41, 5.74) is 0. The van der Waals surface area contributed by atoms with Crippen LogP contribution in [0.25, 0.3) is 0 Å². The van der Waals surface area contributed by atoms with Crippen molar-refractivity contribution in [2.75, 3.05) is 13.2 Å². The quantitative estimate of drug-likeness (QED) is 0.689. The van der Waals surface area contributed by atoms with Crippen LogP contribution in [0.2, 0.25) is 0 Å². The van der Waals surface area contributed by atoms with E-state index >= 15 is 0 Å². The number of amides is 1. The number of aromatic nitrogens is 3. The summed E-state index contributed by atoms with van der Waals surface area (Å²) in [5.74, 6) is -3.80. The molecule has 0 aliphatic rings. The average molecular weight is 234 g/mol. The molecule has 16 heavy (non-hydrogen) atoms. The predicted octanol–water partition coefficient (Wildman–Crippen LogP) is -0.588. The molecule has 90 valence electrons. The fraction of sp³-hybridized carbons (Fsp3) is 0.625. The molecule has 1 aromatic heterocycles. The zero-order valence-corrected chi connectivity index (χ0v) is 8.44. The predicted molar refractivity (Wildman–Crippen MR) is 49.7 cm³/mol. The SMILES string of the molecule is O=C(CCn1ccnn1)NCC(F)(F)CO. The lowest BCUT2D eigenvalue weighted by molar-refractivity contribution is -0.124. The van der Waals surface area contributed by atoms with E-state index in [0.717, 1.165) is 0 Å². The summed E-state index contributed by atoms with van der Waals surface area (Å²) in [5, 5.41) is 17.4. The van der Waals surface area contributed by atoms with Crippen molar-refractivity contribution in [2.45, 2.75) is 18.9 Å². The van der Waals surface area contributed by atoms with Gasteiger partial charge in [-0.1, -0.05) is 5.21 Å². The summed E-state index contributed by atoms with van der Waals surface area (Å²) in [6.07, 6.45) is 3.05. The molecule has 0 bridgehead atoms. The highest BCUT2D eigenvalue weighted by atomic mass is 19.3. The maximum atomic E-state index is 12.5. The van der Waals surface area contributed by atoms with E-state index < -0.39 is 25.0 Å². The van der Waals surface area contributed by atoms with Crippen LogP contribution in [0, 0.1) is 0 Å². The highest BCUT2D eigenvalue weighted by Gasteiger charge is 2.27. The molecule has 1 aromatic rings. The highest BCUT2D eigenvalue weighted by Crippen LogP contribution is 2.09. The van der Waals surface area contributed by atoms with E-state index in [9.17, 15) is 13.6 Å². The molecular formula is C8H12F2N4O2. The second-order valence-electron chi connectivity index (χ2n) is 3.21. The molecule has 0 radical (unpaired) electrons. The van der Waals surface area contributed by atoms with E-state index in [1.165, 1.54) is 10.9 Å². The molecule has 0 fully saturated rings. The van der Waals surface area contributed by atoms with Gasteiger partial charge in [0.15, 0.2) is 0 Å². The Labute approximate surface area is 90.3 Å². The van der Waals surface area contributed by atoms with Gasteiger partial charge in [-0.05, 0) is 0 Å². The van der Waals surface area contributed by atoms with Crippen molar-refractivity contribution < 1.29 is 18.7 Å². The second-order valence-corrected chi connectivity index (χ2v) is 3.21. The summed E-state index contributed by atoms with van der Waals surface area (Å²) < 4.78 is 26.5. The van der Waals surface area contributed by atoms with E-state index in [2.05, 4.69) is 10.3 Å². The minimum absolute atomic E-state index is 0.0326. The zero-order valence-electron chi connectivity index (χ0n) is 8.44. The molecule has 0 aromatic carbocycles. The Bertz CT molecular complexity index is 329. The molecule has 8 heteroatoms. The Hall–Kier alpha value is -1.57. The van der Waals surface area contributed by atoms with Crippen LogP contribution in [0.5, 0.6) is 0 Å². The molecule has 2 N–H and O–H groups in total. The van der Waals surface area contributed by atoms with Gasteiger partial charge in [0.1, 0.15) is 6.61 Å². The van der Waals surface area contributed by atoms with Crippen LogP contribution in [-0.4, -0.2) is 45.1 Å². The first-order chi connectivity index (χ1) is 7.53. The van der Waals surface area contributed by atoms with E-state index in [-0.39, 0.29) is 13.0 Å². The highest BCUT2D eigenvalue weighted by molar-refractivity contribution is 5.75. The lowest BCUT2D eigenvalue weighted by Crippen LogP contribution is -2.39. The molecule has 0 unspecified atom stereocenters. The Morgan fingerprint density at radius 1 is 1.56 bits per heavy atom. The summed E-state index contributed by atoms with van der Waals surface area (Å²) in [6.45, 7) is -1.87. The third-order valence-electron chi connectivity index (χ3n) is 1.82. The molecule has 0 aliphatic carbocycles. The number of alkyl halides is 2. The number of hydrogen-bond donors (Lipinski definition) is 2. The van der Waals surface area contributed by atoms with E-state index in [4.69, 9.17) is 5.11 Å². The van der Waals surface area contributed by atoms with E-state index in [0.29, 0.717) is 0 Å². The van der Waals surface area contributed by atoms with Crippen molar-refractivity contribution in [1.82, 2.24) is 20.3 Å². The lowest BCUT2D eigenvalue weighted by Gasteiger charge is -2.13. The molecule has 0 spiro atoms. The van der Waals surface area contributed by atoms with Gasteiger partial charge in [-0.2, -0.15) is 0 Å². The Balaban J connectivity index is 2.21. The number of carbonyl (C=O) groups excluding carboxylic acids is 1. The van der Waals surface area contributed by atoms with Crippen molar-refractivity contribution in [3.63, 3.8) is 0 Å². The summed E-state index contributed by atoms with van der Waals surface area (Å²) >= 11 is 0. The van der Waals surface area contributed by atoms with Crippen molar-refractivity contribution >= 4 is 5.91 Å². The zero-order chi connectivity index (χ0) is 12.0. The minimum Gasteiger partial charge on any atom is -0.390 e. The first-order valence-electron chi connectivity index (χ1n) is 4.63. The number of carbonyl (C=O) groups is 1. The van der Waals surface area contributed by atoms with Gasteiger partial charge in [0.05, 0.1) is 19.3 Å². The molecule has 1 amide bonds. The third-order valence-corrected chi connectivity index (χ3v) is 1.82. The Morgan fingerprint density at radius 3 is 2.88 bits per heavy atom. The van der Waals surface area contributed by atoms with Gasteiger partial charge in [-0.3, -0.25) is 9.48 Å². The molecule has 0 saturated carbocycles. The van der Waals surface area contributed by atoms with Crippen LogP contribution in [0.3, 0.4) is 0 Å². The molecular weight excluding hydrogens is 222 g/mol. The smallest absolute Gasteiger partial charge is 0.287 e. The van der Waals surface area contributed by atoms with Crippen LogP contribution in [0.15, 0.2) is 12.4 Å². The molecule has 1 rings (SSSR count). The fourth-order valence-electron chi connectivity index (χ4n) is 0.940. The van der Waals surface area contributed by atoms with Crippen LogP contribution >= 0.6 is 0 Å². The van der Waals surface area contributed by atoms with Gasteiger partial charge < -0.3 is 10.4 Å². The van der Waals surface area contributed by atoms with Gasteiger partial charge in [0.2, 0.25) is 5.91 Å². The van der Waals surface area contributed by atoms with E-state index in [1.54, 1.807) is 6.20 Å². The van der Waals surface area contributed by atoms with Crippen LogP contribution < -0.4 is 5.32 Å². The Morgan fingerprint density at radius 2 is 2.31 bits per heavy atom. The maximum Gasteiger partial charge on any atom is 0.287 e. The van der Waals surface area contributed by atoms with Gasteiger partial charge in [-0.25, -0.2) is 8.78 Å². The van der Waals surface area contributed by atoms with Crippen LogP contribution in [0.4, 0.5) is 8.78 Å². The molecule has 0 saturated heterocycles. The summed E-state index contributed by atoms with van der Waals surface area (Å²) in [4.78, 5) is 11.1. The number of aliphatic hydroxyl groups excluding tert-OH is 1. The number of nitrogens with one attached hydrogen (secondary N) is 1. The normalized spacial score (nSPS) is 11.4. The van der Waals surface area contributed by atoms with E-state index in [1.807, 2.05) is 5.32 Å². The number of hydrogen-bond acceptors (Lipinski definition) is 4. The average Bonchev–Trinajstić information content (AvgIpc) is 2.76. The first-order valence-corrected chi connectivity index (χ1v) is 4.63. The molecule has 0 aliphatic heterocycles. The maximum absolute atomic E-state index is 12.5. The van der Waals surface area contributed by atoms with Crippen LogP contribution in [0.1, 0.15) is 6.42 Å². The third kappa shape index (κ3) is 4.30. The Kier molecular flexibility index (Phi) is 4.29. The van der Waals surface area contributed by atoms with Crippen molar-refractivity contribution in [2.24, 2.45) is 0 Å². The fourth-order valence-corrected chi connectivity index (χ4v) is 0.940. The van der Waals surface area contributed by atoms with Gasteiger partial charge >= 0.3 is 0 Å². The lowest BCUT2D eigenvalue weighted by atomic mass is 10.3. The molecule has 0 atom stereocenters. The summed E-state index contributed by atoms with van der Waals surface area (Å²) in [7, 11) is 0. The largest absolute Gasteiger partial charge is 0.390 e. The van der Waals surface area contributed by atoms with Crippen molar-refractivity contribution in [1.29, 1.82) is 0 Å². The van der Waals surface area contributed by atoms with Crippen molar-refractivity contribution in [3.05, 3.63) is 12.4 Å². The molecule has 6 nitrogen and oxygen atoms in total. The first kappa shape index (κ1) is 12.5. The van der Waals surface area contributed by atoms with Gasteiger partial charge in [0, 0.05) is 12.6 Å². The topological polar surface area (TPSA) is 80.0 Å². The number of rotatable bonds is 6. The number of halogens is 2. The molecule has 1 heterocycles. The summed E-state index contributed by atoms with van der Waals surface area (Å²) in [6, 6.07) is 0. The van der Waals surface area contributed by atoms with Gasteiger partial charge in [0.25, 0.3) is 5.92 Å². The number of aliphatic hydroxyl groups is 1. The van der Waals surface area contributed by atoms with Gasteiger partial charge in [-0.15, -0.1) is 5.10 Å². The number of aryl methyl sites for hydroxylation is 1. The number of nitrogens with zero attached hydrogens (tertiary/aromatic N) is 3.